The molecule has 0 aliphatic carbocycles. The quantitative estimate of drug-likeness (QED) is 0.186. The summed E-state index contributed by atoms with van der Waals surface area (Å²) >= 11 is 0. The van der Waals surface area contributed by atoms with E-state index >= 15 is 0 Å². The van der Waals surface area contributed by atoms with Crippen LogP contribution < -0.4 is 0 Å². The standard InChI is InChI=1S/C46H29N5/c1-2-10-32(11-3-1)51-43-22-20-30(33-12-4-6-14-35(33)37-16-8-18-41-45(37)49-26-24-47-41)28-39(43)40-29-31(21-23-44(40)51)34-13-5-7-15-36(34)38-17-9-19-42-46(38)50-27-25-48-42/h1-29H. The van der Waals surface area contributed by atoms with Gasteiger partial charge in [0.15, 0.2) is 0 Å². The third kappa shape index (κ3) is 4.78. The van der Waals surface area contributed by atoms with Crippen LogP contribution in [0.25, 0.3) is 94.1 Å². The lowest BCUT2D eigenvalue weighted by Gasteiger charge is -2.13. The first-order valence-corrected chi connectivity index (χ1v) is 17.0. The van der Waals surface area contributed by atoms with Gasteiger partial charge in [-0.3, -0.25) is 19.9 Å². The molecule has 7 aromatic carbocycles. The predicted octanol–water partition coefficient (Wildman–Crippen LogP) is 11.3. The van der Waals surface area contributed by atoms with Crippen LogP contribution in [0.5, 0.6) is 0 Å². The van der Waals surface area contributed by atoms with Crippen LogP contribution in [-0.2, 0) is 0 Å². The van der Waals surface area contributed by atoms with Gasteiger partial charge in [0, 0.05) is 52.4 Å². The Hall–Kier alpha value is -6.98. The van der Waals surface area contributed by atoms with Gasteiger partial charge < -0.3 is 4.57 Å². The summed E-state index contributed by atoms with van der Waals surface area (Å²) in [5, 5.41) is 2.38. The Labute approximate surface area is 294 Å². The van der Waals surface area contributed by atoms with E-state index in [-0.39, 0.29) is 0 Å². The molecule has 10 aromatic rings. The summed E-state index contributed by atoms with van der Waals surface area (Å²) in [7, 11) is 0. The van der Waals surface area contributed by atoms with Crippen molar-refractivity contribution < 1.29 is 0 Å². The molecule has 0 radical (unpaired) electrons. The lowest BCUT2D eigenvalue weighted by molar-refractivity contribution is 1.18. The van der Waals surface area contributed by atoms with Gasteiger partial charge in [0.25, 0.3) is 0 Å². The molecule has 0 bridgehead atoms. The zero-order valence-electron chi connectivity index (χ0n) is 27.5. The third-order valence-electron chi connectivity index (χ3n) is 9.83. The summed E-state index contributed by atoms with van der Waals surface area (Å²) in [6, 6.07) is 54.0. The molecule has 5 nitrogen and oxygen atoms in total. The second-order valence-corrected chi connectivity index (χ2v) is 12.7. The van der Waals surface area contributed by atoms with Gasteiger partial charge in [-0.1, -0.05) is 103 Å². The molecule has 3 heterocycles. The zero-order valence-corrected chi connectivity index (χ0v) is 27.5. The smallest absolute Gasteiger partial charge is 0.0965 e. The molecule has 10 rings (SSSR count). The molecule has 238 valence electrons. The van der Waals surface area contributed by atoms with E-state index in [2.05, 4.69) is 154 Å². The van der Waals surface area contributed by atoms with Crippen LogP contribution in [0.2, 0.25) is 0 Å². The van der Waals surface area contributed by atoms with E-state index in [1.807, 2.05) is 12.1 Å². The van der Waals surface area contributed by atoms with E-state index in [0.717, 1.165) is 83.3 Å². The lowest BCUT2D eigenvalue weighted by atomic mass is 9.92. The predicted molar refractivity (Wildman–Crippen MR) is 209 cm³/mol. The van der Waals surface area contributed by atoms with Gasteiger partial charge in [0.2, 0.25) is 0 Å². The fourth-order valence-corrected chi connectivity index (χ4v) is 7.57. The summed E-state index contributed by atoms with van der Waals surface area (Å²) in [6.45, 7) is 0. The second-order valence-electron chi connectivity index (χ2n) is 12.7. The van der Waals surface area contributed by atoms with Crippen LogP contribution in [0.4, 0.5) is 0 Å². The molecule has 0 N–H and O–H groups in total. The van der Waals surface area contributed by atoms with Crippen molar-refractivity contribution in [2.45, 2.75) is 0 Å². The lowest BCUT2D eigenvalue weighted by Crippen LogP contribution is -1.93. The first-order valence-electron chi connectivity index (χ1n) is 17.0. The molecule has 0 unspecified atom stereocenters. The maximum absolute atomic E-state index is 4.73. The van der Waals surface area contributed by atoms with Crippen LogP contribution >= 0.6 is 0 Å². The van der Waals surface area contributed by atoms with Crippen molar-refractivity contribution in [1.29, 1.82) is 0 Å². The van der Waals surface area contributed by atoms with Gasteiger partial charge >= 0.3 is 0 Å². The highest BCUT2D eigenvalue weighted by Gasteiger charge is 2.18. The topological polar surface area (TPSA) is 56.5 Å². The molecule has 5 heteroatoms. The van der Waals surface area contributed by atoms with Crippen LogP contribution in [0.3, 0.4) is 0 Å². The van der Waals surface area contributed by atoms with Gasteiger partial charge in [-0.15, -0.1) is 0 Å². The minimum atomic E-state index is 0.884. The highest BCUT2D eigenvalue weighted by Crippen LogP contribution is 2.42. The SMILES string of the molecule is c1ccc(-n2c3ccc(-c4ccccc4-c4cccc5nccnc45)cc3c3cc(-c4ccccc4-c4cccc5nccnc45)ccc32)cc1. The summed E-state index contributed by atoms with van der Waals surface area (Å²) in [4.78, 5) is 18.6. The third-order valence-corrected chi connectivity index (χ3v) is 9.83. The minimum absolute atomic E-state index is 0.884. The maximum atomic E-state index is 4.73. The number of benzene rings is 7. The molecule has 51 heavy (non-hydrogen) atoms. The summed E-state index contributed by atoms with van der Waals surface area (Å²) < 4.78 is 2.37. The first kappa shape index (κ1) is 29.0. The van der Waals surface area contributed by atoms with E-state index in [9.17, 15) is 0 Å². The molecule has 0 aliphatic heterocycles. The van der Waals surface area contributed by atoms with E-state index in [1.165, 1.54) is 10.8 Å². The number of hydrogen-bond donors (Lipinski definition) is 0. The van der Waals surface area contributed by atoms with Gasteiger partial charge in [-0.05, 0) is 81.9 Å². The van der Waals surface area contributed by atoms with Crippen molar-refractivity contribution in [3.8, 4) is 50.2 Å². The Morgan fingerprint density at radius 1 is 0.333 bits per heavy atom. The fraction of sp³-hybridized carbons (Fsp3) is 0. The van der Waals surface area contributed by atoms with Gasteiger partial charge in [0.1, 0.15) is 0 Å². The average molecular weight is 652 g/mol. The molecular weight excluding hydrogens is 623 g/mol. The average Bonchev–Trinajstić information content (AvgIpc) is 3.54. The number of rotatable bonds is 5. The van der Waals surface area contributed by atoms with Crippen LogP contribution in [0.15, 0.2) is 176 Å². The number of hydrogen-bond acceptors (Lipinski definition) is 4. The molecule has 0 atom stereocenters. The Balaban J connectivity index is 1.21. The zero-order chi connectivity index (χ0) is 33.7. The van der Waals surface area contributed by atoms with Crippen molar-refractivity contribution in [2.75, 3.05) is 0 Å². The Kier molecular flexibility index (Phi) is 6.74. The number of para-hydroxylation sites is 3. The van der Waals surface area contributed by atoms with E-state index < -0.39 is 0 Å². The van der Waals surface area contributed by atoms with Crippen molar-refractivity contribution in [1.82, 2.24) is 24.5 Å². The molecule has 0 aliphatic rings. The van der Waals surface area contributed by atoms with Crippen molar-refractivity contribution in [3.05, 3.63) is 176 Å². The molecular formula is C46H29N5. The minimum Gasteiger partial charge on any atom is -0.309 e. The first-order chi connectivity index (χ1) is 25.3. The number of fused-ring (bicyclic) bond motifs is 5. The Morgan fingerprint density at radius 3 is 1.27 bits per heavy atom. The monoisotopic (exact) mass is 651 g/mol. The Morgan fingerprint density at radius 2 is 0.765 bits per heavy atom. The van der Waals surface area contributed by atoms with Crippen molar-refractivity contribution in [3.63, 3.8) is 0 Å². The Bertz CT molecular complexity index is 2740. The van der Waals surface area contributed by atoms with Crippen LogP contribution in [0, 0.1) is 0 Å². The molecule has 0 fully saturated rings. The summed E-state index contributed by atoms with van der Waals surface area (Å²) in [5.41, 5.74) is 16.0. The fourth-order valence-electron chi connectivity index (χ4n) is 7.57. The summed E-state index contributed by atoms with van der Waals surface area (Å²) in [5.74, 6) is 0. The summed E-state index contributed by atoms with van der Waals surface area (Å²) in [6.07, 6.45) is 7.03. The van der Waals surface area contributed by atoms with Crippen molar-refractivity contribution >= 4 is 43.9 Å². The van der Waals surface area contributed by atoms with Crippen molar-refractivity contribution in [2.24, 2.45) is 0 Å². The van der Waals surface area contributed by atoms with Gasteiger partial charge in [-0.25, -0.2) is 0 Å². The second kappa shape index (κ2) is 11.9. The molecule has 0 amide bonds. The molecule has 0 saturated carbocycles. The van der Waals surface area contributed by atoms with E-state index in [4.69, 9.17) is 9.97 Å². The number of nitrogens with zero attached hydrogens (tertiary/aromatic N) is 5. The number of aromatic nitrogens is 5. The highest BCUT2D eigenvalue weighted by molar-refractivity contribution is 6.12. The molecule has 0 spiro atoms. The molecule has 3 aromatic heterocycles. The van der Waals surface area contributed by atoms with Gasteiger partial charge in [0.05, 0.1) is 33.1 Å². The van der Waals surface area contributed by atoms with Crippen LogP contribution in [-0.4, -0.2) is 24.5 Å². The van der Waals surface area contributed by atoms with E-state index in [0.29, 0.717) is 0 Å². The van der Waals surface area contributed by atoms with Gasteiger partial charge in [-0.2, -0.15) is 0 Å². The normalized spacial score (nSPS) is 11.5. The van der Waals surface area contributed by atoms with Crippen LogP contribution in [0.1, 0.15) is 0 Å². The highest BCUT2D eigenvalue weighted by atomic mass is 15.0. The maximum Gasteiger partial charge on any atom is 0.0965 e. The largest absolute Gasteiger partial charge is 0.309 e. The molecule has 0 saturated heterocycles. The van der Waals surface area contributed by atoms with E-state index in [1.54, 1.807) is 24.8 Å².